The molecule has 4 unspecified atom stereocenters. The van der Waals surface area contributed by atoms with Gasteiger partial charge in [-0.15, -0.1) is 0 Å². The van der Waals surface area contributed by atoms with Crippen molar-refractivity contribution in [1.29, 1.82) is 0 Å². The number of fused-ring (bicyclic) bond motifs is 1. The number of ketones is 1. The largest absolute Gasteiger partial charge is 0.487 e. The number of amides is 1. The summed E-state index contributed by atoms with van der Waals surface area (Å²) in [5.74, 6) is 1.09. The van der Waals surface area contributed by atoms with Gasteiger partial charge in [-0.25, -0.2) is 4.98 Å². The summed E-state index contributed by atoms with van der Waals surface area (Å²) in [7, 11) is 2.13. The normalized spacial score (nSPS) is 29.8. The number of hydrogen-bond acceptors (Lipinski definition) is 7. The molecule has 0 N–H and O–H groups in total. The molecule has 2 aliphatic carbocycles. The molecule has 2 saturated heterocycles. The standard InChI is InChI=1S/C32H39N5O4/c1-3-12-37(25-18-31(25)20-32(22-34(2)21-31)28(29(32)38)35-14-16-40-17-15-35)30(39)27-24(19-41-23-9-5-4-6-10-23)36-13-8-7-11-26(36)33-27/h4-11,13,25,28H,3,12,14-22H2,1-2H3. The smallest absolute Gasteiger partial charge is 0.274 e. The van der Waals surface area contributed by atoms with Crippen LogP contribution in [0.5, 0.6) is 5.75 Å². The highest BCUT2D eigenvalue weighted by atomic mass is 16.5. The molecule has 3 aromatic rings. The quantitative estimate of drug-likeness (QED) is 0.421. The maximum atomic E-state index is 14.4. The molecule has 2 spiro atoms. The Morgan fingerprint density at radius 3 is 2.68 bits per heavy atom. The molecule has 1 aromatic carbocycles. The topological polar surface area (TPSA) is 79.6 Å². The molecule has 4 aliphatic rings. The number of hydrogen-bond donors (Lipinski definition) is 0. The number of aromatic nitrogens is 2. The Morgan fingerprint density at radius 1 is 1.12 bits per heavy atom. The van der Waals surface area contributed by atoms with Gasteiger partial charge in [-0.1, -0.05) is 31.2 Å². The number of nitrogens with zero attached hydrogens (tertiary/aromatic N) is 5. The Morgan fingerprint density at radius 2 is 1.90 bits per heavy atom. The van der Waals surface area contributed by atoms with Gasteiger partial charge in [-0.05, 0) is 50.6 Å². The van der Waals surface area contributed by atoms with Crippen LogP contribution >= 0.6 is 0 Å². The highest BCUT2D eigenvalue weighted by Crippen LogP contribution is 2.65. The summed E-state index contributed by atoms with van der Waals surface area (Å²) in [6, 6.07) is 15.6. The van der Waals surface area contributed by atoms with E-state index < -0.39 is 0 Å². The number of likely N-dealkylation sites (tertiary alicyclic amines) is 1. The fourth-order valence-electron chi connectivity index (χ4n) is 7.81. The maximum Gasteiger partial charge on any atom is 0.274 e. The molecule has 2 aliphatic heterocycles. The van der Waals surface area contributed by atoms with Gasteiger partial charge in [0.1, 0.15) is 18.0 Å². The van der Waals surface area contributed by atoms with Crippen LogP contribution in [0.3, 0.4) is 0 Å². The van der Waals surface area contributed by atoms with Crippen molar-refractivity contribution in [3.8, 4) is 5.75 Å². The molecule has 4 heterocycles. The SMILES string of the molecule is CCCN(C(=O)c1nc2ccccn2c1COc1ccccc1)C1CC12CN(C)CC1(C2)C(=O)C1N1CCOCC1. The number of imidazole rings is 1. The third-order valence-electron chi connectivity index (χ3n) is 9.59. The summed E-state index contributed by atoms with van der Waals surface area (Å²) in [5.41, 5.74) is 1.56. The molecule has 2 saturated carbocycles. The number of benzene rings is 1. The van der Waals surface area contributed by atoms with E-state index in [0.717, 1.165) is 62.5 Å². The van der Waals surface area contributed by atoms with Gasteiger partial charge in [0, 0.05) is 50.4 Å². The lowest BCUT2D eigenvalue weighted by atomic mass is 9.82. The van der Waals surface area contributed by atoms with Gasteiger partial charge >= 0.3 is 0 Å². The maximum absolute atomic E-state index is 14.4. The van der Waals surface area contributed by atoms with Crippen molar-refractivity contribution in [3.63, 3.8) is 0 Å². The van der Waals surface area contributed by atoms with Crippen LogP contribution in [0.25, 0.3) is 5.65 Å². The van der Waals surface area contributed by atoms with Crippen molar-refractivity contribution in [1.82, 2.24) is 24.1 Å². The van der Waals surface area contributed by atoms with Gasteiger partial charge in [-0.3, -0.25) is 18.9 Å². The Hall–Kier alpha value is -3.27. The van der Waals surface area contributed by atoms with Crippen molar-refractivity contribution in [2.75, 3.05) is 53.0 Å². The Labute approximate surface area is 241 Å². The summed E-state index contributed by atoms with van der Waals surface area (Å²) >= 11 is 0. The van der Waals surface area contributed by atoms with E-state index in [0.29, 0.717) is 31.2 Å². The van der Waals surface area contributed by atoms with Gasteiger partial charge in [0.15, 0.2) is 11.5 Å². The summed E-state index contributed by atoms with van der Waals surface area (Å²) in [5, 5.41) is 0. The summed E-state index contributed by atoms with van der Waals surface area (Å²) < 4.78 is 13.6. The average Bonchev–Trinajstić information content (AvgIpc) is 3.74. The number of pyridine rings is 1. The first kappa shape index (κ1) is 26.6. The Bertz CT molecular complexity index is 1450. The molecule has 7 rings (SSSR count). The first-order valence-electron chi connectivity index (χ1n) is 15.0. The lowest BCUT2D eigenvalue weighted by molar-refractivity contribution is -0.115. The second-order valence-electron chi connectivity index (χ2n) is 12.4. The minimum Gasteiger partial charge on any atom is -0.487 e. The predicted octanol–water partition coefficient (Wildman–Crippen LogP) is 3.13. The van der Waals surface area contributed by atoms with Crippen LogP contribution in [0.2, 0.25) is 0 Å². The van der Waals surface area contributed by atoms with Crippen molar-refractivity contribution >= 4 is 17.3 Å². The molecule has 4 atom stereocenters. The number of para-hydroxylation sites is 1. The molecule has 9 nitrogen and oxygen atoms in total. The zero-order chi connectivity index (χ0) is 28.2. The molecule has 9 heteroatoms. The molecule has 2 aromatic heterocycles. The van der Waals surface area contributed by atoms with Crippen molar-refractivity contribution in [2.24, 2.45) is 10.8 Å². The van der Waals surface area contributed by atoms with E-state index in [2.05, 4.69) is 28.7 Å². The molecule has 0 bridgehead atoms. The van der Waals surface area contributed by atoms with E-state index in [9.17, 15) is 9.59 Å². The number of rotatable bonds is 8. The number of carbonyl (C=O) groups excluding carboxylic acids is 2. The number of piperidine rings is 1. The Balaban J connectivity index is 1.16. The zero-order valence-electron chi connectivity index (χ0n) is 24.0. The van der Waals surface area contributed by atoms with E-state index in [4.69, 9.17) is 14.5 Å². The average molecular weight is 558 g/mol. The van der Waals surface area contributed by atoms with Crippen molar-refractivity contribution < 1.29 is 19.1 Å². The summed E-state index contributed by atoms with van der Waals surface area (Å²) in [6.45, 7) is 7.76. The van der Waals surface area contributed by atoms with Gasteiger partial charge in [0.05, 0.1) is 30.4 Å². The molecular formula is C32H39N5O4. The number of Topliss-reactive ketones (excluding diaryl/α,β-unsaturated/α-hetero) is 1. The van der Waals surface area contributed by atoms with E-state index in [1.165, 1.54) is 0 Å². The van der Waals surface area contributed by atoms with Crippen LogP contribution in [0.4, 0.5) is 0 Å². The van der Waals surface area contributed by atoms with Gasteiger partial charge < -0.3 is 19.3 Å². The minimum absolute atomic E-state index is 0.0113. The number of ether oxygens (including phenoxy) is 2. The van der Waals surface area contributed by atoms with Gasteiger partial charge in [0.25, 0.3) is 5.91 Å². The minimum atomic E-state index is -0.322. The van der Waals surface area contributed by atoms with Crippen LogP contribution in [0.1, 0.15) is 42.4 Å². The summed E-state index contributed by atoms with van der Waals surface area (Å²) in [6.07, 6.45) is 4.59. The fourth-order valence-corrected chi connectivity index (χ4v) is 7.81. The molecule has 1 amide bonds. The summed E-state index contributed by atoms with van der Waals surface area (Å²) in [4.78, 5) is 39.3. The van der Waals surface area contributed by atoms with Crippen LogP contribution in [-0.4, -0.2) is 101 Å². The van der Waals surface area contributed by atoms with Crippen LogP contribution < -0.4 is 4.74 Å². The van der Waals surface area contributed by atoms with Crippen LogP contribution in [0.15, 0.2) is 54.7 Å². The fraction of sp³-hybridized carbons (Fsp3) is 0.531. The third-order valence-corrected chi connectivity index (χ3v) is 9.59. The second-order valence-corrected chi connectivity index (χ2v) is 12.4. The lowest BCUT2D eigenvalue weighted by Crippen LogP contribution is -2.49. The zero-order valence-corrected chi connectivity index (χ0v) is 24.0. The van der Waals surface area contributed by atoms with E-state index in [-0.39, 0.29) is 35.4 Å². The Kier molecular flexibility index (Phi) is 6.64. The third kappa shape index (κ3) is 4.54. The predicted molar refractivity (Wildman–Crippen MR) is 154 cm³/mol. The van der Waals surface area contributed by atoms with E-state index in [1.54, 1.807) is 0 Å². The monoisotopic (exact) mass is 557 g/mol. The second kappa shape index (κ2) is 10.2. The highest BCUT2D eigenvalue weighted by molar-refractivity contribution is 6.08. The molecular weight excluding hydrogens is 518 g/mol. The molecule has 41 heavy (non-hydrogen) atoms. The molecule has 4 fully saturated rings. The number of carbonyl (C=O) groups is 2. The van der Waals surface area contributed by atoms with Crippen molar-refractivity contribution in [3.05, 3.63) is 66.1 Å². The van der Waals surface area contributed by atoms with Crippen LogP contribution in [0, 0.1) is 10.8 Å². The highest BCUT2D eigenvalue weighted by Gasteiger charge is 2.75. The first-order chi connectivity index (χ1) is 20.0. The van der Waals surface area contributed by atoms with E-state index >= 15 is 0 Å². The van der Waals surface area contributed by atoms with Gasteiger partial charge in [-0.2, -0.15) is 0 Å². The lowest BCUT2D eigenvalue weighted by Gasteiger charge is -2.39. The number of morpholine rings is 1. The van der Waals surface area contributed by atoms with Crippen LogP contribution in [-0.2, 0) is 16.1 Å². The van der Waals surface area contributed by atoms with Crippen molar-refractivity contribution in [2.45, 2.75) is 44.9 Å². The molecule has 0 radical (unpaired) electrons. The molecule has 216 valence electrons. The van der Waals surface area contributed by atoms with E-state index in [1.807, 2.05) is 59.1 Å². The van der Waals surface area contributed by atoms with Gasteiger partial charge in [0.2, 0.25) is 0 Å². The first-order valence-corrected chi connectivity index (χ1v) is 15.0.